The minimum absolute atomic E-state index is 0.124. The van der Waals surface area contributed by atoms with Gasteiger partial charge >= 0.3 is 0 Å². The minimum Gasteiger partial charge on any atom is -0.351 e. The third kappa shape index (κ3) is 5.40. The van der Waals surface area contributed by atoms with Crippen molar-refractivity contribution in [2.45, 2.75) is 13.3 Å². The van der Waals surface area contributed by atoms with Crippen LogP contribution in [0, 0.1) is 6.92 Å². The van der Waals surface area contributed by atoms with Crippen LogP contribution < -0.4 is 10.6 Å². The minimum atomic E-state index is -0.378. The van der Waals surface area contributed by atoms with Gasteiger partial charge in [0.15, 0.2) is 0 Å². The lowest BCUT2D eigenvalue weighted by molar-refractivity contribution is -0.116. The second-order valence-electron chi connectivity index (χ2n) is 6.37. The fourth-order valence-corrected chi connectivity index (χ4v) is 3.78. The van der Waals surface area contributed by atoms with Gasteiger partial charge < -0.3 is 10.6 Å². The second kappa shape index (κ2) is 9.62. The van der Waals surface area contributed by atoms with Crippen molar-refractivity contribution in [3.8, 4) is 0 Å². The molecule has 0 fully saturated rings. The van der Waals surface area contributed by atoms with Gasteiger partial charge in [-0.25, -0.2) is 0 Å². The normalized spacial score (nSPS) is 10.4. The van der Waals surface area contributed by atoms with E-state index in [2.05, 4.69) is 26.6 Å². The summed E-state index contributed by atoms with van der Waals surface area (Å²) in [4.78, 5) is 38.0. The number of carbonyl (C=O) groups is 3. The molecule has 29 heavy (non-hydrogen) atoms. The Balaban J connectivity index is 1.59. The number of ketones is 1. The third-order valence-corrected chi connectivity index (χ3v) is 5.63. The summed E-state index contributed by atoms with van der Waals surface area (Å²) in [5.74, 6) is -0.764. The molecule has 0 unspecified atom stereocenters. The number of aryl methyl sites for hydroxylation is 1. The lowest BCUT2D eigenvalue weighted by Crippen LogP contribution is -2.29. The molecule has 0 aliphatic rings. The average Bonchev–Trinajstić information content (AvgIpc) is 3.25. The molecule has 148 valence electrons. The molecule has 0 spiro atoms. The van der Waals surface area contributed by atoms with E-state index in [1.807, 2.05) is 30.5 Å². The zero-order valence-electron chi connectivity index (χ0n) is 15.7. The molecule has 3 aromatic rings. The van der Waals surface area contributed by atoms with E-state index in [0.29, 0.717) is 16.0 Å². The summed E-state index contributed by atoms with van der Waals surface area (Å²) in [6, 6.07) is 15.9. The number of amides is 2. The molecule has 3 rings (SSSR count). The number of benzene rings is 2. The van der Waals surface area contributed by atoms with Gasteiger partial charge in [0.05, 0.1) is 10.4 Å². The van der Waals surface area contributed by atoms with Crippen LogP contribution in [0.2, 0.25) is 0 Å². The van der Waals surface area contributed by atoms with Crippen LogP contribution in [0.15, 0.2) is 64.5 Å². The van der Waals surface area contributed by atoms with Gasteiger partial charge in [-0.15, -0.1) is 11.3 Å². The highest BCUT2D eigenvalue weighted by atomic mass is 79.9. The van der Waals surface area contributed by atoms with Crippen LogP contribution >= 0.6 is 27.3 Å². The highest BCUT2D eigenvalue weighted by Gasteiger charge is 2.18. The lowest BCUT2D eigenvalue weighted by atomic mass is 10.0. The average molecular weight is 471 g/mol. The van der Waals surface area contributed by atoms with E-state index >= 15 is 0 Å². The first-order valence-corrected chi connectivity index (χ1v) is 10.6. The van der Waals surface area contributed by atoms with Crippen molar-refractivity contribution in [2.24, 2.45) is 0 Å². The number of anilines is 1. The van der Waals surface area contributed by atoms with E-state index in [4.69, 9.17) is 0 Å². The summed E-state index contributed by atoms with van der Waals surface area (Å²) in [7, 11) is 0. The first-order chi connectivity index (χ1) is 14.0. The Hall–Kier alpha value is -2.77. The Morgan fingerprint density at radius 2 is 1.76 bits per heavy atom. The number of halogens is 1. The summed E-state index contributed by atoms with van der Waals surface area (Å²) >= 11 is 4.71. The molecule has 1 aromatic heterocycles. The standard InChI is InChI=1S/C22H19BrN2O3S/c1-14-8-9-15(23)13-18(14)25-20(26)10-11-24-22(28)17-6-3-2-5-16(17)21(27)19-7-4-12-29-19/h2-9,12-13H,10-11H2,1H3,(H,24,28)(H,25,26). The third-order valence-electron chi connectivity index (χ3n) is 4.27. The molecule has 0 aliphatic carbocycles. The smallest absolute Gasteiger partial charge is 0.252 e. The van der Waals surface area contributed by atoms with E-state index in [0.717, 1.165) is 15.7 Å². The number of hydrogen-bond acceptors (Lipinski definition) is 4. The van der Waals surface area contributed by atoms with Crippen LogP contribution in [0.3, 0.4) is 0 Å². The predicted molar refractivity (Wildman–Crippen MR) is 119 cm³/mol. The van der Waals surface area contributed by atoms with Crippen LogP contribution in [0.25, 0.3) is 0 Å². The number of rotatable bonds is 7. The molecule has 7 heteroatoms. The topological polar surface area (TPSA) is 75.3 Å². The molecule has 1 heterocycles. The SMILES string of the molecule is Cc1ccc(Br)cc1NC(=O)CCNC(=O)c1ccccc1C(=O)c1cccs1. The summed E-state index contributed by atoms with van der Waals surface area (Å²) in [5, 5.41) is 7.39. The largest absolute Gasteiger partial charge is 0.351 e. The van der Waals surface area contributed by atoms with Crippen LogP contribution in [-0.4, -0.2) is 24.1 Å². The molecule has 2 amide bonds. The summed E-state index contributed by atoms with van der Waals surface area (Å²) in [6.45, 7) is 2.07. The molecule has 0 bridgehead atoms. The van der Waals surface area contributed by atoms with Gasteiger partial charge in [-0.1, -0.05) is 46.3 Å². The number of nitrogens with one attached hydrogen (secondary N) is 2. The van der Waals surface area contributed by atoms with Gasteiger partial charge in [0.2, 0.25) is 11.7 Å². The first-order valence-electron chi connectivity index (χ1n) is 8.97. The molecule has 0 aliphatic heterocycles. The fraction of sp³-hybridized carbons (Fsp3) is 0.136. The highest BCUT2D eigenvalue weighted by molar-refractivity contribution is 9.10. The van der Waals surface area contributed by atoms with E-state index in [9.17, 15) is 14.4 Å². The number of thiophene rings is 1. The van der Waals surface area contributed by atoms with Crippen molar-refractivity contribution < 1.29 is 14.4 Å². The maximum atomic E-state index is 12.6. The van der Waals surface area contributed by atoms with E-state index in [1.165, 1.54) is 11.3 Å². The molecule has 2 N–H and O–H groups in total. The predicted octanol–water partition coefficient (Wildman–Crippen LogP) is 4.81. The van der Waals surface area contributed by atoms with Crippen molar-refractivity contribution in [3.63, 3.8) is 0 Å². The Morgan fingerprint density at radius 3 is 2.48 bits per heavy atom. The highest BCUT2D eigenvalue weighted by Crippen LogP contribution is 2.21. The Bertz CT molecular complexity index is 1050. The monoisotopic (exact) mass is 470 g/mol. The molecular weight excluding hydrogens is 452 g/mol. The lowest BCUT2D eigenvalue weighted by Gasteiger charge is -2.11. The van der Waals surface area contributed by atoms with Gasteiger partial charge in [-0.05, 0) is 42.1 Å². The van der Waals surface area contributed by atoms with E-state index in [-0.39, 0.29) is 30.6 Å². The van der Waals surface area contributed by atoms with Gasteiger partial charge in [-0.2, -0.15) is 0 Å². The van der Waals surface area contributed by atoms with Crippen LogP contribution in [-0.2, 0) is 4.79 Å². The van der Waals surface area contributed by atoms with Gasteiger partial charge in [0.1, 0.15) is 0 Å². The van der Waals surface area contributed by atoms with Crippen molar-refractivity contribution in [1.82, 2.24) is 5.32 Å². The summed E-state index contributed by atoms with van der Waals surface area (Å²) in [6.07, 6.45) is 0.124. The molecule has 0 radical (unpaired) electrons. The fourth-order valence-electron chi connectivity index (χ4n) is 2.75. The molecule has 0 saturated heterocycles. The van der Waals surface area contributed by atoms with E-state index in [1.54, 1.807) is 36.4 Å². The summed E-state index contributed by atoms with van der Waals surface area (Å²) < 4.78 is 0.874. The van der Waals surface area contributed by atoms with Crippen LogP contribution in [0.1, 0.15) is 37.6 Å². The molecule has 5 nitrogen and oxygen atoms in total. The number of hydrogen-bond donors (Lipinski definition) is 2. The Kier molecular flexibility index (Phi) is 6.95. The second-order valence-corrected chi connectivity index (χ2v) is 8.23. The maximum absolute atomic E-state index is 12.6. The van der Waals surface area contributed by atoms with Crippen LogP contribution in [0.4, 0.5) is 5.69 Å². The maximum Gasteiger partial charge on any atom is 0.252 e. The van der Waals surface area contributed by atoms with Crippen molar-refractivity contribution in [3.05, 3.63) is 86.0 Å². The van der Waals surface area contributed by atoms with Gasteiger partial charge in [0, 0.05) is 28.7 Å². The van der Waals surface area contributed by atoms with Crippen molar-refractivity contribution >= 4 is 50.6 Å². The Morgan fingerprint density at radius 1 is 1.00 bits per heavy atom. The number of carbonyl (C=O) groups excluding carboxylic acids is 3. The van der Waals surface area contributed by atoms with Gasteiger partial charge in [-0.3, -0.25) is 14.4 Å². The van der Waals surface area contributed by atoms with Crippen LogP contribution in [0.5, 0.6) is 0 Å². The van der Waals surface area contributed by atoms with E-state index < -0.39 is 0 Å². The van der Waals surface area contributed by atoms with Crippen molar-refractivity contribution in [1.29, 1.82) is 0 Å². The molecule has 2 aromatic carbocycles. The van der Waals surface area contributed by atoms with Crippen molar-refractivity contribution in [2.75, 3.05) is 11.9 Å². The first kappa shape index (κ1) is 21.0. The zero-order valence-corrected chi connectivity index (χ0v) is 18.1. The molecular formula is C22H19BrN2O3S. The zero-order chi connectivity index (χ0) is 20.8. The van der Waals surface area contributed by atoms with Gasteiger partial charge in [0.25, 0.3) is 5.91 Å². The molecule has 0 saturated carbocycles. The summed E-state index contributed by atoms with van der Waals surface area (Å²) in [5.41, 5.74) is 2.32. The molecule has 0 atom stereocenters. The quantitative estimate of drug-likeness (QED) is 0.486. The Labute approximate surface area is 181 Å².